The van der Waals surface area contributed by atoms with Gasteiger partial charge in [0.05, 0.1) is 17.6 Å². The lowest BCUT2D eigenvalue weighted by atomic mass is 9.97. The van der Waals surface area contributed by atoms with Gasteiger partial charge in [-0.05, 0) is 71.7 Å². The number of halogens is 1. The maximum absolute atomic E-state index is 11.6. The molecule has 0 spiro atoms. The third kappa shape index (κ3) is 10.3. The van der Waals surface area contributed by atoms with Gasteiger partial charge < -0.3 is 15.6 Å². The molecule has 0 aliphatic rings. The summed E-state index contributed by atoms with van der Waals surface area (Å²) >= 11 is 3.48. The van der Waals surface area contributed by atoms with Crippen LogP contribution in [-0.2, 0) is 16.0 Å². The summed E-state index contributed by atoms with van der Waals surface area (Å²) in [6.45, 7) is 13.2. The minimum absolute atomic E-state index is 0.174. The first-order valence-electron chi connectivity index (χ1n) is 7.66. The van der Waals surface area contributed by atoms with Crippen molar-refractivity contribution in [3.63, 3.8) is 0 Å². The second-order valence-electron chi connectivity index (χ2n) is 7.60. The minimum Gasteiger partial charge on any atom is -0.465 e. The molecule has 0 saturated heterocycles. The van der Waals surface area contributed by atoms with E-state index in [4.69, 9.17) is 15.6 Å². The Labute approximate surface area is 148 Å². The highest BCUT2D eigenvalue weighted by molar-refractivity contribution is 9.10. The van der Waals surface area contributed by atoms with E-state index in [2.05, 4.69) is 15.9 Å². The summed E-state index contributed by atoms with van der Waals surface area (Å²) < 4.78 is 6.22. The monoisotopic (exact) mass is 387 g/mol. The lowest BCUT2D eigenvalue weighted by molar-refractivity contribution is -0.152. The van der Waals surface area contributed by atoms with Crippen molar-refractivity contribution in [3.8, 4) is 0 Å². The van der Waals surface area contributed by atoms with E-state index in [9.17, 15) is 4.79 Å². The number of carbonyl (C=O) groups excluding carboxylic acids is 1. The third-order valence-corrected chi connectivity index (χ3v) is 3.35. The van der Waals surface area contributed by atoms with Crippen LogP contribution in [0.25, 0.3) is 0 Å². The standard InChI is InChI=1S/C14H20BrNO2.C4H10O/c1-9-7-10(16)8-12(15)11(9)5-6-18-13(17)14(2,3)4;1-4(2,3)5/h7-8H,5-6,16H2,1-4H3;5H,1-3H3. The normalized spacial score (nSPS) is 11.5. The number of aliphatic hydroxyl groups is 1. The molecule has 23 heavy (non-hydrogen) atoms. The largest absolute Gasteiger partial charge is 0.465 e. The Morgan fingerprint density at radius 1 is 1.22 bits per heavy atom. The number of ether oxygens (including phenoxy) is 1. The van der Waals surface area contributed by atoms with Gasteiger partial charge in [0.2, 0.25) is 0 Å². The number of nitrogens with two attached hydrogens (primary N) is 1. The molecule has 0 aromatic heterocycles. The first kappa shape index (κ1) is 21.9. The molecule has 0 heterocycles. The molecule has 4 nitrogen and oxygen atoms in total. The van der Waals surface area contributed by atoms with Gasteiger partial charge in [-0.15, -0.1) is 0 Å². The van der Waals surface area contributed by atoms with Crippen LogP contribution >= 0.6 is 15.9 Å². The molecule has 0 amide bonds. The molecule has 0 aliphatic heterocycles. The van der Waals surface area contributed by atoms with Crippen molar-refractivity contribution < 1.29 is 14.6 Å². The summed E-state index contributed by atoms with van der Waals surface area (Å²) in [6.07, 6.45) is 0.689. The van der Waals surface area contributed by atoms with Crippen LogP contribution < -0.4 is 5.73 Å². The van der Waals surface area contributed by atoms with E-state index < -0.39 is 11.0 Å². The van der Waals surface area contributed by atoms with E-state index >= 15 is 0 Å². The Kier molecular flexibility index (Phi) is 8.29. The van der Waals surface area contributed by atoms with E-state index in [0.717, 1.165) is 21.3 Å². The minimum atomic E-state index is -0.500. The van der Waals surface area contributed by atoms with Crippen LogP contribution in [0.15, 0.2) is 16.6 Å². The van der Waals surface area contributed by atoms with Crippen LogP contribution in [0.5, 0.6) is 0 Å². The predicted molar refractivity (Wildman–Crippen MR) is 99.4 cm³/mol. The molecule has 0 radical (unpaired) electrons. The molecule has 0 unspecified atom stereocenters. The molecular formula is C18H30BrNO3. The van der Waals surface area contributed by atoms with Gasteiger partial charge in [-0.2, -0.15) is 0 Å². The van der Waals surface area contributed by atoms with Crippen LogP contribution in [-0.4, -0.2) is 23.3 Å². The van der Waals surface area contributed by atoms with Crippen molar-refractivity contribution in [2.45, 2.75) is 60.5 Å². The average molecular weight is 388 g/mol. The zero-order valence-electron chi connectivity index (χ0n) is 15.3. The molecule has 1 aromatic carbocycles. The second kappa shape index (κ2) is 8.69. The summed E-state index contributed by atoms with van der Waals surface area (Å²) in [5.74, 6) is -0.174. The van der Waals surface area contributed by atoms with E-state index in [1.54, 1.807) is 20.8 Å². The quantitative estimate of drug-likeness (QED) is 0.600. The molecule has 3 N–H and O–H groups in total. The SMILES string of the molecule is CC(C)(C)O.Cc1cc(N)cc(Br)c1CCOC(=O)C(C)(C)C. The Hall–Kier alpha value is -1.07. The van der Waals surface area contributed by atoms with Gasteiger partial charge in [-0.3, -0.25) is 4.79 Å². The first-order valence-corrected chi connectivity index (χ1v) is 8.45. The number of hydrogen-bond acceptors (Lipinski definition) is 4. The van der Waals surface area contributed by atoms with Crippen LogP contribution in [0.4, 0.5) is 5.69 Å². The topological polar surface area (TPSA) is 72.6 Å². The summed E-state index contributed by atoms with van der Waals surface area (Å²) in [4.78, 5) is 11.6. The summed E-state index contributed by atoms with van der Waals surface area (Å²) in [5.41, 5.74) is 7.76. The van der Waals surface area contributed by atoms with Crippen molar-refractivity contribution in [1.29, 1.82) is 0 Å². The van der Waals surface area contributed by atoms with Gasteiger partial charge >= 0.3 is 5.97 Å². The third-order valence-electron chi connectivity index (χ3n) is 2.64. The van der Waals surface area contributed by atoms with Crippen LogP contribution in [0.1, 0.15) is 52.7 Å². The Morgan fingerprint density at radius 2 is 1.70 bits per heavy atom. The number of carbonyl (C=O) groups is 1. The molecule has 5 heteroatoms. The molecule has 1 rings (SSSR count). The van der Waals surface area contributed by atoms with Crippen molar-refractivity contribution in [2.24, 2.45) is 5.41 Å². The predicted octanol–water partition coefficient (Wildman–Crippen LogP) is 4.25. The van der Waals surface area contributed by atoms with E-state index in [-0.39, 0.29) is 5.97 Å². The summed E-state index contributed by atoms with van der Waals surface area (Å²) in [7, 11) is 0. The van der Waals surface area contributed by atoms with Gasteiger partial charge in [-0.1, -0.05) is 15.9 Å². The summed E-state index contributed by atoms with van der Waals surface area (Å²) in [6, 6.07) is 3.79. The zero-order valence-corrected chi connectivity index (χ0v) is 16.9. The zero-order chi connectivity index (χ0) is 18.4. The molecule has 1 aromatic rings. The highest BCUT2D eigenvalue weighted by atomic mass is 79.9. The Morgan fingerprint density at radius 3 is 2.09 bits per heavy atom. The van der Waals surface area contributed by atoms with E-state index in [1.807, 2.05) is 39.8 Å². The number of rotatable bonds is 3. The molecule has 0 aliphatic carbocycles. The number of hydrogen-bond donors (Lipinski definition) is 2. The van der Waals surface area contributed by atoms with Crippen molar-refractivity contribution in [1.82, 2.24) is 0 Å². The molecular weight excluding hydrogens is 358 g/mol. The summed E-state index contributed by atoms with van der Waals surface area (Å²) in [5, 5.41) is 8.52. The van der Waals surface area contributed by atoms with Crippen LogP contribution in [0.3, 0.4) is 0 Å². The molecule has 132 valence electrons. The molecule has 0 saturated carbocycles. The molecule has 0 fully saturated rings. The van der Waals surface area contributed by atoms with Gasteiger partial charge in [0.25, 0.3) is 0 Å². The van der Waals surface area contributed by atoms with Gasteiger partial charge in [-0.25, -0.2) is 0 Å². The average Bonchev–Trinajstić information content (AvgIpc) is 2.28. The van der Waals surface area contributed by atoms with Gasteiger partial charge in [0.1, 0.15) is 0 Å². The number of nitrogen functional groups attached to an aromatic ring is 1. The lowest BCUT2D eigenvalue weighted by Crippen LogP contribution is -2.23. The highest BCUT2D eigenvalue weighted by Gasteiger charge is 2.22. The lowest BCUT2D eigenvalue weighted by Gasteiger charge is -2.17. The smallest absolute Gasteiger partial charge is 0.311 e. The first-order chi connectivity index (χ1) is 10.2. The number of aryl methyl sites for hydroxylation is 1. The van der Waals surface area contributed by atoms with Crippen molar-refractivity contribution in [2.75, 3.05) is 12.3 Å². The second-order valence-corrected chi connectivity index (χ2v) is 8.46. The number of benzene rings is 1. The molecule has 0 atom stereocenters. The van der Waals surface area contributed by atoms with Gasteiger partial charge in [0, 0.05) is 16.6 Å². The van der Waals surface area contributed by atoms with Crippen LogP contribution in [0, 0.1) is 12.3 Å². The fourth-order valence-corrected chi connectivity index (χ4v) is 2.35. The highest BCUT2D eigenvalue weighted by Crippen LogP contribution is 2.24. The number of anilines is 1. The van der Waals surface area contributed by atoms with E-state index in [1.165, 1.54) is 0 Å². The van der Waals surface area contributed by atoms with Crippen molar-refractivity contribution >= 4 is 27.6 Å². The van der Waals surface area contributed by atoms with Crippen LogP contribution in [0.2, 0.25) is 0 Å². The maximum Gasteiger partial charge on any atom is 0.311 e. The Balaban J connectivity index is 0.000000841. The maximum atomic E-state index is 11.6. The van der Waals surface area contributed by atoms with Crippen molar-refractivity contribution in [3.05, 3.63) is 27.7 Å². The van der Waals surface area contributed by atoms with E-state index in [0.29, 0.717) is 13.0 Å². The Bertz CT molecular complexity index is 499. The van der Waals surface area contributed by atoms with Gasteiger partial charge in [0.15, 0.2) is 0 Å². The number of esters is 1. The molecule has 0 bridgehead atoms. The fraction of sp³-hybridized carbons (Fsp3) is 0.611. The fourth-order valence-electron chi connectivity index (χ4n) is 1.58.